The van der Waals surface area contributed by atoms with Crippen molar-refractivity contribution in [1.82, 2.24) is 9.47 Å². The number of aromatic nitrogens is 1. The Kier molecular flexibility index (Phi) is 5.28. The molecular weight excluding hydrogens is 312 g/mol. The number of hydrogen-bond donors (Lipinski definition) is 0. The van der Waals surface area contributed by atoms with Crippen LogP contribution in [0, 0.1) is 13.8 Å². The second-order valence-corrected chi connectivity index (χ2v) is 6.97. The molecule has 0 radical (unpaired) electrons. The number of nitrogens with zero attached hydrogens (tertiary/aromatic N) is 2. The summed E-state index contributed by atoms with van der Waals surface area (Å²) in [5.74, 6) is 0.147. The average Bonchev–Trinajstić information content (AvgIpc) is 2.95. The first-order valence-electron chi connectivity index (χ1n) is 9.08. The molecule has 1 aliphatic rings. The molecule has 1 aromatic carbocycles. The highest BCUT2D eigenvalue weighted by Gasteiger charge is 2.27. The van der Waals surface area contributed by atoms with Crippen LogP contribution in [0.15, 0.2) is 36.4 Å². The molecule has 0 spiro atoms. The van der Waals surface area contributed by atoms with Crippen molar-refractivity contribution in [2.24, 2.45) is 0 Å². The fourth-order valence-electron chi connectivity index (χ4n) is 3.94. The molecule has 2 heterocycles. The van der Waals surface area contributed by atoms with Gasteiger partial charge < -0.3 is 14.2 Å². The van der Waals surface area contributed by atoms with Crippen LogP contribution < -0.4 is 0 Å². The SMILES string of the molecule is COC1CCN(C(=O)c2cc(C)n(C(C)c3ccccc3)c2C)CC1. The minimum Gasteiger partial charge on any atom is -0.381 e. The lowest BCUT2D eigenvalue weighted by atomic mass is 10.1. The molecule has 1 fully saturated rings. The van der Waals surface area contributed by atoms with E-state index >= 15 is 0 Å². The summed E-state index contributed by atoms with van der Waals surface area (Å²) in [5.41, 5.74) is 4.26. The standard InChI is InChI=1S/C21H28N2O2/c1-15-14-20(21(24)22-12-10-19(25-4)11-13-22)17(3)23(15)16(2)18-8-6-5-7-9-18/h5-9,14,16,19H,10-13H2,1-4H3. The summed E-state index contributed by atoms with van der Waals surface area (Å²) in [6.07, 6.45) is 2.12. The molecule has 0 N–H and O–H groups in total. The Labute approximate surface area is 150 Å². The predicted octanol–water partition coefficient (Wildman–Crippen LogP) is 3.97. The van der Waals surface area contributed by atoms with Gasteiger partial charge in [-0.15, -0.1) is 0 Å². The fourth-order valence-corrected chi connectivity index (χ4v) is 3.94. The van der Waals surface area contributed by atoms with Crippen LogP contribution in [0.4, 0.5) is 0 Å². The molecule has 1 aromatic heterocycles. The van der Waals surface area contributed by atoms with Crippen LogP contribution in [-0.2, 0) is 4.74 Å². The second-order valence-electron chi connectivity index (χ2n) is 6.97. The van der Waals surface area contributed by atoms with E-state index in [-0.39, 0.29) is 18.1 Å². The molecule has 2 aromatic rings. The van der Waals surface area contributed by atoms with E-state index in [0.717, 1.165) is 42.9 Å². The molecule has 1 atom stereocenters. The van der Waals surface area contributed by atoms with Crippen molar-refractivity contribution in [2.75, 3.05) is 20.2 Å². The maximum atomic E-state index is 13.0. The number of benzene rings is 1. The van der Waals surface area contributed by atoms with Crippen LogP contribution in [0.25, 0.3) is 0 Å². The lowest BCUT2D eigenvalue weighted by molar-refractivity contribution is 0.0350. The summed E-state index contributed by atoms with van der Waals surface area (Å²) >= 11 is 0. The van der Waals surface area contributed by atoms with Gasteiger partial charge in [-0.1, -0.05) is 30.3 Å². The topological polar surface area (TPSA) is 34.5 Å². The van der Waals surface area contributed by atoms with Gasteiger partial charge in [0.05, 0.1) is 17.7 Å². The minimum absolute atomic E-state index is 0.147. The number of ether oxygens (including phenoxy) is 1. The number of amides is 1. The Bertz CT molecular complexity index is 728. The quantitative estimate of drug-likeness (QED) is 0.844. The molecule has 4 nitrogen and oxygen atoms in total. The molecule has 0 saturated carbocycles. The number of likely N-dealkylation sites (tertiary alicyclic amines) is 1. The molecule has 1 saturated heterocycles. The van der Waals surface area contributed by atoms with Crippen LogP contribution >= 0.6 is 0 Å². The van der Waals surface area contributed by atoms with E-state index in [1.165, 1.54) is 5.56 Å². The maximum Gasteiger partial charge on any atom is 0.255 e. The summed E-state index contributed by atoms with van der Waals surface area (Å²) in [4.78, 5) is 15.0. The Morgan fingerprint density at radius 3 is 2.40 bits per heavy atom. The van der Waals surface area contributed by atoms with E-state index < -0.39 is 0 Å². The van der Waals surface area contributed by atoms with E-state index in [9.17, 15) is 4.79 Å². The zero-order chi connectivity index (χ0) is 18.0. The van der Waals surface area contributed by atoms with Gasteiger partial charge in [-0.2, -0.15) is 0 Å². The van der Waals surface area contributed by atoms with Gasteiger partial charge in [0.2, 0.25) is 0 Å². The number of rotatable bonds is 4. The van der Waals surface area contributed by atoms with Crippen LogP contribution in [0.2, 0.25) is 0 Å². The van der Waals surface area contributed by atoms with Crippen molar-refractivity contribution in [3.63, 3.8) is 0 Å². The Morgan fingerprint density at radius 1 is 1.16 bits per heavy atom. The van der Waals surface area contributed by atoms with E-state index in [1.54, 1.807) is 7.11 Å². The van der Waals surface area contributed by atoms with E-state index in [0.29, 0.717) is 0 Å². The smallest absolute Gasteiger partial charge is 0.255 e. The molecule has 4 heteroatoms. The molecule has 1 aliphatic heterocycles. The number of carbonyl (C=O) groups is 1. The number of piperidine rings is 1. The normalized spacial score (nSPS) is 16.9. The summed E-state index contributed by atoms with van der Waals surface area (Å²) in [6, 6.07) is 12.7. The van der Waals surface area contributed by atoms with Gasteiger partial charge in [0.1, 0.15) is 0 Å². The summed E-state index contributed by atoms with van der Waals surface area (Å²) in [6.45, 7) is 7.88. The van der Waals surface area contributed by atoms with Gasteiger partial charge in [-0.3, -0.25) is 4.79 Å². The largest absolute Gasteiger partial charge is 0.381 e. The molecule has 1 amide bonds. The summed E-state index contributed by atoms with van der Waals surface area (Å²) < 4.78 is 7.68. The first-order valence-corrected chi connectivity index (χ1v) is 9.08. The molecule has 25 heavy (non-hydrogen) atoms. The Hall–Kier alpha value is -2.07. The highest BCUT2D eigenvalue weighted by molar-refractivity contribution is 5.95. The van der Waals surface area contributed by atoms with Gasteiger partial charge in [0.15, 0.2) is 0 Å². The third kappa shape index (κ3) is 3.49. The van der Waals surface area contributed by atoms with Crippen molar-refractivity contribution in [2.45, 2.75) is 45.8 Å². The van der Waals surface area contributed by atoms with Gasteiger partial charge >= 0.3 is 0 Å². The van der Waals surface area contributed by atoms with Gasteiger partial charge in [0, 0.05) is 31.6 Å². The first kappa shape index (κ1) is 17.7. The molecule has 0 aliphatic carbocycles. The van der Waals surface area contributed by atoms with Gasteiger partial charge in [0.25, 0.3) is 5.91 Å². The minimum atomic E-state index is 0.147. The number of methoxy groups -OCH3 is 1. The van der Waals surface area contributed by atoms with Crippen LogP contribution in [0.3, 0.4) is 0 Å². The van der Waals surface area contributed by atoms with Crippen molar-refractivity contribution in [1.29, 1.82) is 0 Å². The summed E-state index contributed by atoms with van der Waals surface area (Å²) in [7, 11) is 1.75. The van der Waals surface area contributed by atoms with Gasteiger partial charge in [-0.25, -0.2) is 0 Å². The maximum absolute atomic E-state index is 13.0. The second kappa shape index (κ2) is 7.44. The average molecular weight is 340 g/mol. The van der Waals surface area contributed by atoms with Gasteiger partial charge in [-0.05, 0) is 45.2 Å². The Morgan fingerprint density at radius 2 is 1.80 bits per heavy atom. The third-order valence-corrected chi connectivity index (χ3v) is 5.45. The zero-order valence-electron chi connectivity index (χ0n) is 15.7. The summed E-state index contributed by atoms with van der Waals surface area (Å²) in [5, 5.41) is 0. The first-order chi connectivity index (χ1) is 12.0. The number of carbonyl (C=O) groups excluding carboxylic acids is 1. The molecule has 134 valence electrons. The molecule has 1 unspecified atom stereocenters. The van der Waals surface area contributed by atoms with Crippen molar-refractivity contribution < 1.29 is 9.53 Å². The number of hydrogen-bond acceptors (Lipinski definition) is 2. The molecule has 3 rings (SSSR count). The highest BCUT2D eigenvalue weighted by atomic mass is 16.5. The van der Waals surface area contributed by atoms with Crippen molar-refractivity contribution in [3.8, 4) is 0 Å². The number of aryl methyl sites for hydroxylation is 1. The van der Waals surface area contributed by atoms with E-state index in [2.05, 4.69) is 49.6 Å². The van der Waals surface area contributed by atoms with Crippen LogP contribution in [0.1, 0.15) is 53.1 Å². The molecular formula is C21H28N2O2. The fraction of sp³-hybridized carbons (Fsp3) is 0.476. The lowest BCUT2D eigenvalue weighted by Gasteiger charge is -2.31. The lowest BCUT2D eigenvalue weighted by Crippen LogP contribution is -2.40. The Balaban J connectivity index is 1.83. The zero-order valence-corrected chi connectivity index (χ0v) is 15.7. The monoisotopic (exact) mass is 340 g/mol. The van der Waals surface area contributed by atoms with Crippen LogP contribution in [-0.4, -0.2) is 41.7 Å². The van der Waals surface area contributed by atoms with Crippen molar-refractivity contribution >= 4 is 5.91 Å². The van der Waals surface area contributed by atoms with Crippen LogP contribution in [0.5, 0.6) is 0 Å². The van der Waals surface area contributed by atoms with E-state index in [4.69, 9.17) is 4.74 Å². The predicted molar refractivity (Wildman–Crippen MR) is 100 cm³/mol. The molecule has 0 bridgehead atoms. The van der Waals surface area contributed by atoms with Crippen molar-refractivity contribution in [3.05, 3.63) is 58.9 Å². The third-order valence-electron chi connectivity index (χ3n) is 5.45. The highest BCUT2D eigenvalue weighted by Crippen LogP contribution is 2.27. The van der Waals surface area contributed by atoms with E-state index in [1.807, 2.05) is 17.0 Å².